The highest BCUT2D eigenvalue weighted by molar-refractivity contribution is 9.10. The predicted octanol–water partition coefficient (Wildman–Crippen LogP) is 2.50. The van der Waals surface area contributed by atoms with Gasteiger partial charge in [0, 0.05) is 11.6 Å². The molecule has 0 bridgehead atoms. The Balaban J connectivity index is 2.51. The van der Waals surface area contributed by atoms with Crippen molar-refractivity contribution in [2.45, 2.75) is 18.7 Å². The Bertz CT molecular complexity index is 274. The van der Waals surface area contributed by atoms with E-state index in [0.29, 0.717) is 5.13 Å². The Labute approximate surface area is 89.7 Å². The van der Waals surface area contributed by atoms with Gasteiger partial charge in [0.05, 0.1) is 4.83 Å². The average molecular weight is 263 g/mol. The van der Waals surface area contributed by atoms with Gasteiger partial charge in [-0.2, -0.15) is 0 Å². The van der Waals surface area contributed by atoms with Gasteiger partial charge in [-0.15, -0.1) is 11.3 Å². The summed E-state index contributed by atoms with van der Waals surface area (Å²) in [5.74, 6) is 0.241. The van der Waals surface area contributed by atoms with Gasteiger partial charge in [-0.3, -0.25) is 4.79 Å². The fourth-order valence-electron chi connectivity index (χ4n) is 0.762. The van der Waals surface area contributed by atoms with Gasteiger partial charge in [0.2, 0.25) is 5.91 Å². The summed E-state index contributed by atoms with van der Waals surface area (Å²) < 4.78 is 0. The van der Waals surface area contributed by atoms with E-state index in [9.17, 15) is 4.79 Å². The molecular weight excluding hydrogens is 252 g/mol. The first-order valence-corrected chi connectivity index (χ1v) is 5.75. The molecule has 0 spiro atoms. The minimum atomic E-state index is -0.156. The molecule has 5 heteroatoms. The zero-order valence-corrected chi connectivity index (χ0v) is 9.85. The lowest BCUT2D eigenvalue weighted by Gasteiger charge is -2.11. The maximum Gasteiger partial charge on any atom is 0.240 e. The van der Waals surface area contributed by atoms with Crippen molar-refractivity contribution in [1.82, 2.24) is 4.98 Å². The zero-order valence-electron chi connectivity index (χ0n) is 7.45. The number of thiazole rings is 1. The smallest absolute Gasteiger partial charge is 0.240 e. The van der Waals surface area contributed by atoms with Crippen molar-refractivity contribution in [3.8, 4) is 0 Å². The van der Waals surface area contributed by atoms with Gasteiger partial charge in [-0.05, 0) is 5.92 Å². The first-order chi connectivity index (χ1) is 6.11. The summed E-state index contributed by atoms with van der Waals surface area (Å²) in [4.78, 5) is 15.3. The maximum absolute atomic E-state index is 11.5. The zero-order chi connectivity index (χ0) is 9.84. The third-order valence-electron chi connectivity index (χ3n) is 1.50. The lowest BCUT2D eigenvalue weighted by atomic mass is 10.1. The van der Waals surface area contributed by atoms with Gasteiger partial charge in [0.1, 0.15) is 0 Å². The fourth-order valence-corrected chi connectivity index (χ4v) is 1.41. The number of halogens is 1. The number of carbonyl (C=O) groups excluding carboxylic acids is 1. The summed E-state index contributed by atoms with van der Waals surface area (Å²) in [5.41, 5.74) is 0. The van der Waals surface area contributed by atoms with Crippen LogP contribution in [-0.2, 0) is 4.79 Å². The van der Waals surface area contributed by atoms with E-state index < -0.39 is 0 Å². The molecule has 1 amide bonds. The van der Waals surface area contributed by atoms with E-state index >= 15 is 0 Å². The Hall–Kier alpha value is -0.420. The molecule has 0 radical (unpaired) electrons. The van der Waals surface area contributed by atoms with E-state index in [1.807, 2.05) is 19.2 Å². The fraction of sp³-hybridized carbons (Fsp3) is 0.500. The SMILES string of the molecule is CC(C)C(Br)C(=O)Nc1nccs1. The van der Waals surface area contributed by atoms with Gasteiger partial charge in [-0.25, -0.2) is 4.98 Å². The van der Waals surface area contributed by atoms with E-state index in [-0.39, 0.29) is 16.7 Å². The van der Waals surface area contributed by atoms with Crippen molar-refractivity contribution >= 4 is 38.3 Å². The molecular formula is C8H11BrN2OS. The molecule has 0 saturated carbocycles. The molecule has 3 nitrogen and oxygen atoms in total. The minimum absolute atomic E-state index is 0.0371. The highest BCUT2D eigenvalue weighted by Crippen LogP contribution is 2.16. The number of nitrogens with zero attached hydrogens (tertiary/aromatic N) is 1. The van der Waals surface area contributed by atoms with Crippen LogP contribution in [-0.4, -0.2) is 15.7 Å². The molecule has 0 aliphatic rings. The first kappa shape index (κ1) is 10.7. The van der Waals surface area contributed by atoms with Crippen molar-refractivity contribution in [3.63, 3.8) is 0 Å². The molecule has 72 valence electrons. The molecule has 0 aromatic carbocycles. The predicted molar refractivity (Wildman–Crippen MR) is 58.3 cm³/mol. The average Bonchev–Trinajstić information content (AvgIpc) is 2.55. The topological polar surface area (TPSA) is 42.0 Å². The van der Waals surface area contributed by atoms with Crippen LogP contribution in [0.3, 0.4) is 0 Å². The molecule has 1 unspecified atom stereocenters. The van der Waals surface area contributed by atoms with E-state index in [1.54, 1.807) is 6.20 Å². The third-order valence-corrected chi connectivity index (χ3v) is 3.66. The van der Waals surface area contributed by atoms with Crippen molar-refractivity contribution in [2.24, 2.45) is 5.92 Å². The Morgan fingerprint density at radius 3 is 2.85 bits per heavy atom. The molecule has 1 atom stereocenters. The van der Waals surface area contributed by atoms with Crippen LogP contribution < -0.4 is 5.32 Å². The molecule has 0 fully saturated rings. The van der Waals surface area contributed by atoms with Crippen LogP contribution in [0, 0.1) is 5.92 Å². The Morgan fingerprint density at radius 2 is 2.38 bits per heavy atom. The van der Waals surface area contributed by atoms with E-state index in [0.717, 1.165) is 0 Å². The molecule has 1 aromatic heterocycles. The number of hydrogen-bond acceptors (Lipinski definition) is 3. The quantitative estimate of drug-likeness (QED) is 0.851. The molecule has 0 aliphatic heterocycles. The molecule has 1 N–H and O–H groups in total. The minimum Gasteiger partial charge on any atom is -0.301 e. The van der Waals surface area contributed by atoms with Gasteiger partial charge >= 0.3 is 0 Å². The second-order valence-electron chi connectivity index (χ2n) is 2.97. The summed E-state index contributed by atoms with van der Waals surface area (Å²) >= 11 is 4.73. The lowest BCUT2D eigenvalue weighted by molar-refractivity contribution is -0.116. The van der Waals surface area contributed by atoms with Crippen LogP contribution in [0.5, 0.6) is 0 Å². The van der Waals surface area contributed by atoms with Crippen LogP contribution in [0.15, 0.2) is 11.6 Å². The van der Waals surface area contributed by atoms with Crippen molar-refractivity contribution in [1.29, 1.82) is 0 Å². The van der Waals surface area contributed by atoms with Gasteiger partial charge < -0.3 is 5.32 Å². The standard InChI is InChI=1S/C8H11BrN2OS/c1-5(2)6(9)7(12)11-8-10-3-4-13-8/h3-6H,1-2H3,(H,10,11,12). The summed E-state index contributed by atoms with van der Waals surface area (Å²) in [7, 11) is 0. The molecule has 13 heavy (non-hydrogen) atoms. The molecule has 1 heterocycles. The molecule has 0 saturated heterocycles. The van der Waals surface area contributed by atoms with E-state index in [1.165, 1.54) is 11.3 Å². The lowest BCUT2D eigenvalue weighted by Crippen LogP contribution is -2.26. The van der Waals surface area contributed by atoms with Crippen molar-refractivity contribution < 1.29 is 4.79 Å². The van der Waals surface area contributed by atoms with Crippen LogP contribution in [0.25, 0.3) is 0 Å². The van der Waals surface area contributed by atoms with Crippen molar-refractivity contribution in [3.05, 3.63) is 11.6 Å². The number of aromatic nitrogens is 1. The maximum atomic E-state index is 11.5. The number of alkyl halides is 1. The molecule has 0 aliphatic carbocycles. The largest absolute Gasteiger partial charge is 0.301 e. The molecule has 1 aromatic rings. The second-order valence-corrected chi connectivity index (χ2v) is 4.85. The van der Waals surface area contributed by atoms with E-state index in [2.05, 4.69) is 26.2 Å². The van der Waals surface area contributed by atoms with Crippen LogP contribution in [0.1, 0.15) is 13.8 Å². The number of carbonyl (C=O) groups is 1. The van der Waals surface area contributed by atoms with Crippen LogP contribution in [0.2, 0.25) is 0 Å². The van der Waals surface area contributed by atoms with Gasteiger partial charge in [-0.1, -0.05) is 29.8 Å². The highest BCUT2D eigenvalue weighted by Gasteiger charge is 2.18. The van der Waals surface area contributed by atoms with Gasteiger partial charge in [0.15, 0.2) is 5.13 Å². The number of nitrogens with one attached hydrogen (secondary N) is 1. The third kappa shape index (κ3) is 3.08. The monoisotopic (exact) mass is 262 g/mol. The highest BCUT2D eigenvalue weighted by atomic mass is 79.9. The second kappa shape index (κ2) is 4.72. The number of anilines is 1. The van der Waals surface area contributed by atoms with Crippen LogP contribution in [0.4, 0.5) is 5.13 Å². The number of amides is 1. The number of hydrogen-bond donors (Lipinski definition) is 1. The Kier molecular flexibility index (Phi) is 3.87. The normalized spacial score (nSPS) is 12.9. The van der Waals surface area contributed by atoms with E-state index in [4.69, 9.17) is 0 Å². The summed E-state index contributed by atoms with van der Waals surface area (Å²) in [6.07, 6.45) is 1.67. The van der Waals surface area contributed by atoms with Crippen molar-refractivity contribution in [2.75, 3.05) is 5.32 Å². The summed E-state index contributed by atoms with van der Waals surface area (Å²) in [5, 5.41) is 5.20. The van der Waals surface area contributed by atoms with Crippen LogP contribution >= 0.6 is 27.3 Å². The van der Waals surface area contributed by atoms with Gasteiger partial charge in [0.25, 0.3) is 0 Å². The number of rotatable bonds is 3. The Morgan fingerprint density at radius 1 is 1.69 bits per heavy atom. The molecule has 1 rings (SSSR count). The summed E-state index contributed by atoms with van der Waals surface area (Å²) in [6, 6.07) is 0. The summed E-state index contributed by atoms with van der Waals surface area (Å²) in [6.45, 7) is 3.97. The first-order valence-electron chi connectivity index (χ1n) is 3.95.